The van der Waals surface area contributed by atoms with Crippen LogP contribution in [0.1, 0.15) is 52.0 Å². The quantitative estimate of drug-likeness (QED) is 0.833. The van der Waals surface area contributed by atoms with E-state index in [0.29, 0.717) is 6.04 Å². The molecular weight excluding hydrogens is 226 g/mol. The van der Waals surface area contributed by atoms with Crippen LogP contribution in [0.25, 0.3) is 0 Å². The molecule has 1 aliphatic rings. The van der Waals surface area contributed by atoms with Crippen LogP contribution >= 0.6 is 0 Å². The van der Waals surface area contributed by atoms with E-state index in [-0.39, 0.29) is 5.91 Å². The third-order valence-corrected chi connectivity index (χ3v) is 3.26. The van der Waals surface area contributed by atoms with Gasteiger partial charge in [-0.15, -0.1) is 0 Å². The average molecular weight is 247 g/mol. The zero-order valence-corrected chi connectivity index (χ0v) is 11.1. The Bertz CT molecular complexity index is 438. The Kier molecular flexibility index (Phi) is 4.18. The second kappa shape index (κ2) is 5.85. The fourth-order valence-corrected chi connectivity index (χ4v) is 2.45. The Morgan fingerprint density at radius 1 is 1.39 bits per heavy atom. The molecule has 0 aromatic carbocycles. The molecule has 1 aromatic rings. The number of anilines is 1. The molecule has 0 saturated heterocycles. The SMILES string of the molecule is CC(C)=CC(=O)Nc1ccnn1C1CCCCC1. The first-order valence-electron chi connectivity index (χ1n) is 6.66. The summed E-state index contributed by atoms with van der Waals surface area (Å²) >= 11 is 0. The number of carbonyl (C=O) groups excluding carboxylic acids is 1. The number of nitrogens with one attached hydrogen (secondary N) is 1. The van der Waals surface area contributed by atoms with Crippen LogP contribution in [0.15, 0.2) is 23.9 Å². The van der Waals surface area contributed by atoms with Crippen molar-refractivity contribution in [3.63, 3.8) is 0 Å². The van der Waals surface area contributed by atoms with Crippen molar-refractivity contribution in [3.8, 4) is 0 Å². The van der Waals surface area contributed by atoms with Crippen molar-refractivity contribution < 1.29 is 4.79 Å². The van der Waals surface area contributed by atoms with Gasteiger partial charge in [-0.2, -0.15) is 5.10 Å². The molecule has 1 aromatic heterocycles. The van der Waals surface area contributed by atoms with Gasteiger partial charge in [0.25, 0.3) is 0 Å². The molecule has 4 nitrogen and oxygen atoms in total. The van der Waals surface area contributed by atoms with Crippen LogP contribution in [0.2, 0.25) is 0 Å². The lowest BCUT2D eigenvalue weighted by molar-refractivity contribution is -0.112. The van der Waals surface area contributed by atoms with E-state index in [1.807, 2.05) is 24.6 Å². The summed E-state index contributed by atoms with van der Waals surface area (Å²) in [5, 5.41) is 7.26. The van der Waals surface area contributed by atoms with Crippen molar-refractivity contribution in [3.05, 3.63) is 23.9 Å². The van der Waals surface area contributed by atoms with Gasteiger partial charge in [0.1, 0.15) is 5.82 Å². The first-order valence-corrected chi connectivity index (χ1v) is 6.66. The Labute approximate surface area is 108 Å². The molecule has 1 fully saturated rings. The van der Waals surface area contributed by atoms with E-state index in [0.717, 1.165) is 24.2 Å². The van der Waals surface area contributed by atoms with E-state index in [4.69, 9.17) is 0 Å². The molecule has 2 rings (SSSR count). The molecule has 98 valence electrons. The van der Waals surface area contributed by atoms with E-state index < -0.39 is 0 Å². The first-order chi connectivity index (χ1) is 8.66. The van der Waals surface area contributed by atoms with Gasteiger partial charge in [-0.3, -0.25) is 4.79 Å². The summed E-state index contributed by atoms with van der Waals surface area (Å²) in [6.07, 6.45) is 9.51. The highest BCUT2D eigenvalue weighted by atomic mass is 16.1. The van der Waals surface area contributed by atoms with Crippen molar-refractivity contribution in [2.75, 3.05) is 5.32 Å². The van der Waals surface area contributed by atoms with E-state index in [1.165, 1.54) is 19.3 Å². The molecule has 1 saturated carbocycles. The monoisotopic (exact) mass is 247 g/mol. The van der Waals surface area contributed by atoms with Crippen LogP contribution in [0.5, 0.6) is 0 Å². The Balaban J connectivity index is 2.07. The van der Waals surface area contributed by atoms with Crippen LogP contribution < -0.4 is 5.32 Å². The van der Waals surface area contributed by atoms with Crippen LogP contribution in [-0.2, 0) is 4.79 Å². The molecule has 0 unspecified atom stereocenters. The van der Waals surface area contributed by atoms with Gasteiger partial charge in [0.2, 0.25) is 5.91 Å². The molecule has 1 aliphatic carbocycles. The van der Waals surface area contributed by atoms with Gasteiger partial charge >= 0.3 is 0 Å². The molecule has 0 atom stereocenters. The summed E-state index contributed by atoms with van der Waals surface area (Å²) in [6.45, 7) is 3.83. The molecule has 18 heavy (non-hydrogen) atoms. The zero-order chi connectivity index (χ0) is 13.0. The second-order valence-corrected chi connectivity index (χ2v) is 5.16. The minimum Gasteiger partial charge on any atom is -0.307 e. The van der Waals surface area contributed by atoms with Gasteiger partial charge < -0.3 is 5.32 Å². The summed E-state index contributed by atoms with van der Waals surface area (Å²) in [4.78, 5) is 11.7. The molecule has 0 aliphatic heterocycles. The van der Waals surface area contributed by atoms with E-state index in [2.05, 4.69) is 10.4 Å². The lowest BCUT2D eigenvalue weighted by atomic mass is 9.96. The first kappa shape index (κ1) is 12.9. The number of carbonyl (C=O) groups is 1. The van der Waals surface area contributed by atoms with Gasteiger partial charge in [0.15, 0.2) is 0 Å². The van der Waals surface area contributed by atoms with Gasteiger partial charge in [0, 0.05) is 12.1 Å². The summed E-state index contributed by atoms with van der Waals surface area (Å²) < 4.78 is 1.97. The number of aromatic nitrogens is 2. The Morgan fingerprint density at radius 2 is 2.11 bits per heavy atom. The summed E-state index contributed by atoms with van der Waals surface area (Å²) in [5.74, 6) is 0.733. The molecule has 0 bridgehead atoms. The van der Waals surface area contributed by atoms with Crippen LogP contribution in [0.4, 0.5) is 5.82 Å². The predicted octanol–water partition coefficient (Wildman–Crippen LogP) is 3.29. The van der Waals surface area contributed by atoms with Gasteiger partial charge in [-0.05, 0) is 26.7 Å². The molecule has 1 amide bonds. The van der Waals surface area contributed by atoms with Crippen LogP contribution in [0.3, 0.4) is 0 Å². The highest BCUT2D eigenvalue weighted by Gasteiger charge is 2.18. The molecule has 1 heterocycles. The van der Waals surface area contributed by atoms with E-state index in [9.17, 15) is 4.79 Å². The normalized spacial score (nSPS) is 16.3. The zero-order valence-electron chi connectivity index (χ0n) is 11.1. The molecule has 1 N–H and O–H groups in total. The lowest BCUT2D eigenvalue weighted by Gasteiger charge is -2.23. The number of nitrogens with zero attached hydrogens (tertiary/aromatic N) is 2. The maximum absolute atomic E-state index is 11.7. The minimum atomic E-state index is -0.0763. The average Bonchev–Trinajstić information content (AvgIpc) is 2.77. The van der Waals surface area contributed by atoms with Crippen molar-refractivity contribution in [2.24, 2.45) is 0 Å². The maximum atomic E-state index is 11.7. The smallest absolute Gasteiger partial charge is 0.249 e. The maximum Gasteiger partial charge on any atom is 0.249 e. The molecular formula is C14H21N3O. The van der Waals surface area contributed by atoms with Crippen molar-refractivity contribution in [1.29, 1.82) is 0 Å². The van der Waals surface area contributed by atoms with Gasteiger partial charge in [-0.25, -0.2) is 4.68 Å². The van der Waals surface area contributed by atoms with Gasteiger partial charge in [-0.1, -0.05) is 24.8 Å². The molecule has 0 spiro atoms. The minimum absolute atomic E-state index is 0.0763. The summed E-state index contributed by atoms with van der Waals surface area (Å²) in [6, 6.07) is 2.31. The Hall–Kier alpha value is -1.58. The third-order valence-electron chi connectivity index (χ3n) is 3.26. The molecule has 0 radical (unpaired) electrons. The standard InChI is InChI=1S/C14H21N3O/c1-11(2)10-14(18)16-13-8-9-15-17(13)12-6-4-3-5-7-12/h8-10,12H,3-7H2,1-2H3,(H,16,18). The van der Waals surface area contributed by atoms with Crippen molar-refractivity contribution in [1.82, 2.24) is 9.78 Å². The summed E-state index contributed by atoms with van der Waals surface area (Å²) in [5.41, 5.74) is 0.997. The number of hydrogen-bond acceptors (Lipinski definition) is 2. The van der Waals surface area contributed by atoms with E-state index >= 15 is 0 Å². The van der Waals surface area contributed by atoms with Crippen LogP contribution in [-0.4, -0.2) is 15.7 Å². The second-order valence-electron chi connectivity index (χ2n) is 5.16. The number of allylic oxidation sites excluding steroid dienone is 1. The number of rotatable bonds is 3. The fraction of sp³-hybridized carbons (Fsp3) is 0.571. The van der Waals surface area contributed by atoms with Crippen molar-refractivity contribution in [2.45, 2.75) is 52.0 Å². The number of hydrogen-bond donors (Lipinski definition) is 1. The highest BCUT2D eigenvalue weighted by Crippen LogP contribution is 2.29. The topological polar surface area (TPSA) is 46.9 Å². The van der Waals surface area contributed by atoms with Crippen LogP contribution in [0, 0.1) is 0 Å². The third kappa shape index (κ3) is 3.22. The largest absolute Gasteiger partial charge is 0.307 e. The van der Waals surface area contributed by atoms with E-state index in [1.54, 1.807) is 12.3 Å². The number of amides is 1. The predicted molar refractivity (Wildman–Crippen MR) is 72.4 cm³/mol. The lowest BCUT2D eigenvalue weighted by Crippen LogP contribution is -2.19. The molecule has 4 heteroatoms. The van der Waals surface area contributed by atoms with Crippen molar-refractivity contribution >= 4 is 11.7 Å². The highest BCUT2D eigenvalue weighted by molar-refractivity contribution is 5.99. The fourth-order valence-electron chi connectivity index (χ4n) is 2.45. The van der Waals surface area contributed by atoms with Gasteiger partial charge in [0.05, 0.1) is 12.2 Å². The summed E-state index contributed by atoms with van der Waals surface area (Å²) in [7, 11) is 0. The Morgan fingerprint density at radius 3 is 2.78 bits per heavy atom.